The summed E-state index contributed by atoms with van der Waals surface area (Å²) in [6.07, 6.45) is 2.16. The number of carbonyl (C=O) groups is 1. The van der Waals surface area contributed by atoms with Gasteiger partial charge in [-0.3, -0.25) is 14.8 Å². The first kappa shape index (κ1) is 20.5. The Hall–Kier alpha value is -2.76. The average molecular weight is 410 g/mol. The van der Waals surface area contributed by atoms with Crippen molar-refractivity contribution >= 4 is 11.6 Å². The lowest BCUT2D eigenvalue weighted by Crippen LogP contribution is -2.35. The summed E-state index contributed by atoms with van der Waals surface area (Å²) in [5.41, 5.74) is 3.04. The summed E-state index contributed by atoms with van der Waals surface area (Å²) in [5, 5.41) is 0. The van der Waals surface area contributed by atoms with Crippen LogP contribution in [0.4, 0.5) is 4.39 Å². The van der Waals surface area contributed by atoms with Gasteiger partial charge >= 0.3 is 0 Å². The molecule has 4 rings (SSSR count). The molecule has 0 saturated carbocycles. The van der Waals surface area contributed by atoms with Crippen molar-refractivity contribution in [2.24, 2.45) is 4.99 Å². The lowest BCUT2D eigenvalue weighted by Gasteiger charge is -2.17. The molecule has 1 aromatic carbocycles. The molecule has 0 bridgehead atoms. The second-order valence-electron chi connectivity index (χ2n) is 8.46. The first-order valence-corrected chi connectivity index (χ1v) is 10.6. The third-order valence-corrected chi connectivity index (χ3v) is 6.02. The highest BCUT2D eigenvalue weighted by atomic mass is 19.1. The molecule has 1 atom stereocenters. The van der Waals surface area contributed by atoms with Crippen molar-refractivity contribution in [1.82, 2.24) is 9.88 Å². The first-order chi connectivity index (χ1) is 14.3. The van der Waals surface area contributed by atoms with Gasteiger partial charge < -0.3 is 9.64 Å². The lowest BCUT2D eigenvalue weighted by molar-refractivity contribution is -0.130. The molecule has 158 valence electrons. The molecule has 6 heteroatoms. The molecule has 0 N–H and O–H groups in total. The van der Waals surface area contributed by atoms with Gasteiger partial charge in [0, 0.05) is 24.8 Å². The van der Waals surface area contributed by atoms with E-state index in [0.29, 0.717) is 30.8 Å². The van der Waals surface area contributed by atoms with Gasteiger partial charge in [-0.15, -0.1) is 0 Å². The molecule has 1 amide bonds. The van der Waals surface area contributed by atoms with Gasteiger partial charge in [-0.05, 0) is 68.0 Å². The number of halogens is 1. The third kappa shape index (κ3) is 3.59. The molecular weight excluding hydrogens is 381 g/mol. The number of likely N-dealkylation sites (N-methyl/N-ethyl adjacent to an activating group) is 1. The van der Waals surface area contributed by atoms with Crippen LogP contribution in [0.25, 0.3) is 11.1 Å². The predicted molar refractivity (Wildman–Crippen MR) is 116 cm³/mol. The number of aliphatic imine (C=N–C) groups is 1. The summed E-state index contributed by atoms with van der Waals surface area (Å²) in [4.78, 5) is 24.1. The van der Waals surface area contributed by atoms with E-state index in [9.17, 15) is 9.18 Å². The summed E-state index contributed by atoms with van der Waals surface area (Å²) in [7, 11) is 1.83. The minimum Gasteiger partial charge on any atom is -0.494 e. The topological polar surface area (TPSA) is 54.8 Å². The lowest BCUT2D eigenvalue weighted by atomic mass is 9.94. The molecule has 5 nitrogen and oxygen atoms in total. The smallest absolute Gasteiger partial charge is 0.250 e. The maximum atomic E-state index is 14.7. The van der Waals surface area contributed by atoms with E-state index < -0.39 is 5.54 Å². The van der Waals surface area contributed by atoms with Crippen LogP contribution in [0.2, 0.25) is 0 Å². The van der Waals surface area contributed by atoms with Gasteiger partial charge in [0.1, 0.15) is 17.1 Å². The molecule has 30 heavy (non-hydrogen) atoms. The van der Waals surface area contributed by atoms with Crippen LogP contribution < -0.4 is 4.74 Å². The standard InChI is InChI=1S/C24H28FN3O2/c1-5-30-17-6-7-19(25)18(14-17)16-12-21(15(2)3)26-22(13-16)20-8-9-24(27-20)10-11-28(4)23(24)29/h6-7,12-15H,5,8-11H2,1-4H3. The van der Waals surface area contributed by atoms with Crippen LogP contribution in [0.15, 0.2) is 35.3 Å². The van der Waals surface area contributed by atoms with Crippen molar-refractivity contribution < 1.29 is 13.9 Å². The molecule has 1 fully saturated rings. The van der Waals surface area contributed by atoms with Gasteiger partial charge in [0.25, 0.3) is 0 Å². The Morgan fingerprint density at radius 3 is 2.70 bits per heavy atom. The van der Waals surface area contributed by atoms with Crippen LogP contribution in [0.1, 0.15) is 57.3 Å². The molecule has 3 heterocycles. The Balaban J connectivity index is 1.79. The first-order valence-electron chi connectivity index (χ1n) is 10.6. The van der Waals surface area contributed by atoms with Crippen molar-refractivity contribution in [2.45, 2.75) is 51.5 Å². The second kappa shape index (κ2) is 7.82. The van der Waals surface area contributed by atoms with Gasteiger partial charge in [-0.1, -0.05) is 13.8 Å². The minimum atomic E-state index is -0.639. The molecule has 2 aromatic rings. The second-order valence-corrected chi connectivity index (χ2v) is 8.46. The third-order valence-electron chi connectivity index (χ3n) is 6.02. The van der Waals surface area contributed by atoms with E-state index >= 15 is 0 Å². The highest BCUT2D eigenvalue weighted by Crippen LogP contribution is 2.38. The van der Waals surface area contributed by atoms with Crippen molar-refractivity contribution in [2.75, 3.05) is 20.2 Å². The van der Waals surface area contributed by atoms with Gasteiger partial charge in [-0.2, -0.15) is 0 Å². The summed E-state index contributed by atoms with van der Waals surface area (Å²) >= 11 is 0. The van der Waals surface area contributed by atoms with Crippen LogP contribution in [-0.4, -0.2) is 47.2 Å². The fourth-order valence-electron chi connectivity index (χ4n) is 4.27. The number of hydrogen-bond acceptors (Lipinski definition) is 4. The number of ether oxygens (including phenoxy) is 1. The fourth-order valence-corrected chi connectivity index (χ4v) is 4.27. The summed E-state index contributed by atoms with van der Waals surface area (Å²) in [6, 6.07) is 8.63. The zero-order chi connectivity index (χ0) is 21.5. The maximum Gasteiger partial charge on any atom is 0.250 e. The van der Waals surface area contributed by atoms with Crippen LogP contribution in [0.5, 0.6) is 5.75 Å². The maximum absolute atomic E-state index is 14.7. The van der Waals surface area contributed by atoms with Gasteiger partial charge in [-0.25, -0.2) is 4.39 Å². The van der Waals surface area contributed by atoms with Crippen molar-refractivity contribution in [3.63, 3.8) is 0 Å². The Kier molecular flexibility index (Phi) is 5.35. The number of nitrogens with zero attached hydrogens (tertiary/aromatic N) is 3. The SMILES string of the molecule is CCOc1ccc(F)c(-c2cc(C3=NC4(CC3)CCN(C)C4=O)nc(C(C)C)c2)c1. The molecule has 2 aliphatic rings. The molecule has 1 unspecified atom stereocenters. The molecule has 1 aromatic heterocycles. The molecule has 0 aliphatic carbocycles. The average Bonchev–Trinajstić information content (AvgIpc) is 3.29. The van der Waals surface area contributed by atoms with E-state index in [1.165, 1.54) is 6.07 Å². The number of hydrogen-bond donors (Lipinski definition) is 0. The van der Waals surface area contributed by atoms with E-state index in [1.54, 1.807) is 17.0 Å². The Labute approximate surface area is 177 Å². The van der Waals surface area contributed by atoms with E-state index in [2.05, 4.69) is 13.8 Å². The van der Waals surface area contributed by atoms with Gasteiger partial charge in [0.2, 0.25) is 5.91 Å². The van der Waals surface area contributed by atoms with Gasteiger partial charge in [0.15, 0.2) is 0 Å². The summed E-state index contributed by atoms with van der Waals surface area (Å²) in [5.74, 6) is 0.600. The van der Waals surface area contributed by atoms with Crippen molar-refractivity contribution in [1.29, 1.82) is 0 Å². The van der Waals surface area contributed by atoms with Crippen molar-refractivity contribution in [3.05, 3.63) is 47.5 Å². The Bertz CT molecular complexity index is 1020. The fraction of sp³-hybridized carbons (Fsp3) is 0.458. The number of amides is 1. The molecule has 2 aliphatic heterocycles. The molecule has 1 saturated heterocycles. The highest BCUT2D eigenvalue weighted by molar-refractivity contribution is 6.05. The van der Waals surface area contributed by atoms with E-state index in [4.69, 9.17) is 14.7 Å². The number of rotatable bonds is 5. The number of pyridine rings is 1. The summed E-state index contributed by atoms with van der Waals surface area (Å²) < 4.78 is 20.3. The zero-order valence-electron chi connectivity index (χ0n) is 18.0. The number of likely N-dealkylation sites (tertiary alicyclic amines) is 1. The van der Waals surface area contributed by atoms with Crippen LogP contribution in [-0.2, 0) is 4.79 Å². The number of benzene rings is 1. The zero-order valence-corrected chi connectivity index (χ0v) is 18.0. The largest absolute Gasteiger partial charge is 0.494 e. The number of aromatic nitrogens is 1. The molecular formula is C24H28FN3O2. The monoisotopic (exact) mass is 409 g/mol. The minimum absolute atomic E-state index is 0.0909. The predicted octanol–water partition coefficient (Wildman–Crippen LogP) is 4.59. The Morgan fingerprint density at radius 2 is 2.03 bits per heavy atom. The van der Waals surface area contributed by atoms with Crippen LogP contribution in [0.3, 0.4) is 0 Å². The van der Waals surface area contributed by atoms with Gasteiger partial charge in [0.05, 0.1) is 18.0 Å². The van der Waals surface area contributed by atoms with Crippen molar-refractivity contribution in [3.8, 4) is 16.9 Å². The van der Waals surface area contributed by atoms with Crippen LogP contribution in [0, 0.1) is 5.82 Å². The normalized spacial score (nSPS) is 21.1. The van der Waals surface area contributed by atoms with E-state index in [0.717, 1.165) is 35.6 Å². The quantitative estimate of drug-likeness (QED) is 0.726. The molecule has 1 spiro atoms. The molecule has 0 radical (unpaired) electrons. The van der Waals surface area contributed by atoms with E-state index in [1.807, 2.05) is 26.1 Å². The summed E-state index contributed by atoms with van der Waals surface area (Å²) in [6.45, 7) is 7.29. The Morgan fingerprint density at radius 1 is 1.23 bits per heavy atom. The van der Waals surface area contributed by atoms with E-state index in [-0.39, 0.29) is 17.6 Å². The highest BCUT2D eigenvalue weighted by Gasteiger charge is 2.48. The van der Waals surface area contributed by atoms with Crippen LogP contribution >= 0.6 is 0 Å². The number of carbonyl (C=O) groups excluding carboxylic acids is 1.